The summed E-state index contributed by atoms with van der Waals surface area (Å²) in [4.78, 5) is 26.5. The van der Waals surface area contributed by atoms with E-state index < -0.39 is 50.4 Å². The largest absolute Gasteiger partial charge is 0.573 e. The van der Waals surface area contributed by atoms with Gasteiger partial charge in [0.25, 0.3) is 5.91 Å². The van der Waals surface area contributed by atoms with E-state index in [9.17, 15) is 36.3 Å². The SMILES string of the molecule is O=C(c1cccc(OC(F)(F)F)c1)N1CCC(CS(=O)(=O)C2CC(c3ccccc3)=CCN2)(C(=O)O)CC1. The number of rotatable bonds is 7. The highest BCUT2D eigenvalue weighted by molar-refractivity contribution is 7.92. The second-order valence-electron chi connectivity index (χ2n) is 9.46. The van der Waals surface area contributed by atoms with Crippen molar-refractivity contribution >= 4 is 27.3 Å². The highest BCUT2D eigenvalue weighted by Gasteiger charge is 2.47. The number of sulfone groups is 1. The van der Waals surface area contributed by atoms with Gasteiger partial charge in [-0.3, -0.25) is 14.9 Å². The number of halogens is 3. The normalized spacial score (nSPS) is 19.9. The molecule has 1 unspecified atom stereocenters. The van der Waals surface area contributed by atoms with E-state index in [0.29, 0.717) is 6.54 Å². The second-order valence-corrected chi connectivity index (χ2v) is 11.6. The van der Waals surface area contributed by atoms with Crippen molar-refractivity contribution in [2.45, 2.75) is 31.0 Å². The lowest BCUT2D eigenvalue weighted by Gasteiger charge is -2.39. The minimum atomic E-state index is -4.91. The van der Waals surface area contributed by atoms with E-state index in [-0.39, 0.29) is 37.9 Å². The molecule has 1 atom stereocenters. The number of piperidine rings is 1. The van der Waals surface area contributed by atoms with Crippen molar-refractivity contribution in [3.63, 3.8) is 0 Å². The Balaban J connectivity index is 1.44. The summed E-state index contributed by atoms with van der Waals surface area (Å²) in [6.45, 7) is 0.212. The molecule has 8 nitrogen and oxygen atoms in total. The molecule has 0 aliphatic carbocycles. The molecule has 1 saturated heterocycles. The van der Waals surface area contributed by atoms with Crippen molar-refractivity contribution in [3.8, 4) is 5.75 Å². The van der Waals surface area contributed by atoms with Crippen LogP contribution in [0.15, 0.2) is 60.7 Å². The van der Waals surface area contributed by atoms with Gasteiger partial charge in [0.1, 0.15) is 11.1 Å². The Morgan fingerprint density at radius 1 is 1.08 bits per heavy atom. The number of hydrogen-bond donors (Lipinski definition) is 2. The molecule has 1 amide bonds. The van der Waals surface area contributed by atoms with Gasteiger partial charge in [0.2, 0.25) is 0 Å². The van der Waals surface area contributed by atoms with Crippen molar-refractivity contribution in [2.24, 2.45) is 5.41 Å². The van der Waals surface area contributed by atoms with Crippen molar-refractivity contribution in [2.75, 3.05) is 25.4 Å². The lowest BCUT2D eigenvalue weighted by Crippen LogP contribution is -2.52. The van der Waals surface area contributed by atoms with Crippen LogP contribution >= 0.6 is 0 Å². The molecule has 2 heterocycles. The molecular weight excluding hydrogens is 525 g/mol. The first-order valence-corrected chi connectivity index (χ1v) is 13.7. The fraction of sp³-hybridized carbons (Fsp3) is 0.385. The monoisotopic (exact) mass is 552 g/mol. The molecule has 0 aromatic heterocycles. The van der Waals surface area contributed by atoms with E-state index in [1.54, 1.807) is 0 Å². The highest BCUT2D eigenvalue weighted by Crippen LogP contribution is 2.36. The lowest BCUT2D eigenvalue weighted by atomic mass is 9.80. The number of carboxylic acid groups (broad SMARTS) is 1. The summed E-state index contributed by atoms with van der Waals surface area (Å²) in [7, 11) is -3.90. The van der Waals surface area contributed by atoms with Crippen molar-refractivity contribution in [1.29, 1.82) is 0 Å². The van der Waals surface area contributed by atoms with Crippen LogP contribution in [0.5, 0.6) is 5.75 Å². The number of nitrogens with zero attached hydrogens (tertiary/aromatic N) is 1. The fourth-order valence-electron chi connectivity index (χ4n) is 4.86. The Labute approximate surface area is 218 Å². The molecule has 204 valence electrons. The first-order chi connectivity index (χ1) is 17.9. The van der Waals surface area contributed by atoms with Crippen LogP contribution in [0.4, 0.5) is 13.2 Å². The molecule has 1 fully saturated rings. The van der Waals surface area contributed by atoms with Gasteiger partial charge in [0.05, 0.1) is 11.2 Å². The number of carbonyl (C=O) groups is 2. The standard InChI is InChI=1S/C26H27F3N2O6S/c27-26(28,29)37-21-8-4-7-20(15-21)23(32)31-13-10-25(11-14-31,24(33)34)17-38(35,36)22-16-19(9-12-30-22)18-5-2-1-3-6-18/h1-9,15,22,30H,10-14,16-17H2,(H,33,34). The summed E-state index contributed by atoms with van der Waals surface area (Å²) in [5.41, 5.74) is 0.124. The van der Waals surface area contributed by atoms with Crippen molar-refractivity contribution in [3.05, 3.63) is 71.8 Å². The molecular formula is C26H27F3N2O6S. The zero-order chi connectivity index (χ0) is 27.6. The van der Waals surface area contributed by atoms with Gasteiger partial charge < -0.3 is 14.7 Å². The van der Waals surface area contributed by atoms with Crippen LogP contribution in [0.2, 0.25) is 0 Å². The molecule has 2 aliphatic rings. The van der Waals surface area contributed by atoms with Crippen LogP contribution in [0.3, 0.4) is 0 Å². The van der Waals surface area contributed by atoms with Gasteiger partial charge in [0.15, 0.2) is 9.84 Å². The summed E-state index contributed by atoms with van der Waals surface area (Å²) in [5.74, 6) is -2.99. The predicted molar refractivity (Wildman–Crippen MR) is 133 cm³/mol. The molecule has 0 bridgehead atoms. The van der Waals surface area contributed by atoms with E-state index in [1.807, 2.05) is 36.4 Å². The number of ether oxygens (including phenoxy) is 1. The average Bonchev–Trinajstić information content (AvgIpc) is 2.88. The summed E-state index contributed by atoms with van der Waals surface area (Å²) in [5, 5.41) is 12.1. The zero-order valence-electron chi connectivity index (χ0n) is 20.3. The predicted octanol–water partition coefficient (Wildman–Crippen LogP) is 3.71. The number of hydrogen-bond acceptors (Lipinski definition) is 6. The summed E-state index contributed by atoms with van der Waals surface area (Å²) >= 11 is 0. The van der Waals surface area contributed by atoms with Crippen LogP contribution in [0.25, 0.3) is 5.57 Å². The number of likely N-dealkylation sites (tertiary alicyclic amines) is 1. The molecule has 2 N–H and O–H groups in total. The maximum absolute atomic E-state index is 13.4. The molecule has 2 aliphatic heterocycles. The topological polar surface area (TPSA) is 113 Å². The molecule has 0 saturated carbocycles. The number of amides is 1. The van der Waals surface area contributed by atoms with Crippen LogP contribution in [0.1, 0.15) is 35.2 Å². The molecule has 38 heavy (non-hydrogen) atoms. The Kier molecular flexibility index (Phi) is 7.84. The Bertz CT molecular complexity index is 1320. The molecule has 12 heteroatoms. The lowest BCUT2D eigenvalue weighted by molar-refractivity contribution is -0.274. The molecule has 0 spiro atoms. The third-order valence-electron chi connectivity index (χ3n) is 6.93. The molecule has 4 rings (SSSR count). The second kappa shape index (κ2) is 10.8. The quantitative estimate of drug-likeness (QED) is 0.539. The average molecular weight is 553 g/mol. The van der Waals surface area contributed by atoms with Gasteiger partial charge >= 0.3 is 12.3 Å². The molecule has 2 aromatic carbocycles. The van der Waals surface area contributed by atoms with E-state index >= 15 is 0 Å². The van der Waals surface area contributed by atoms with E-state index in [1.165, 1.54) is 17.0 Å². The molecule has 2 aromatic rings. The Morgan fingerprint density at radius 3 is 2.39 bits per heavy atom. The van der Waals surface area contributed by atoms with Crippen LogP contribution in [-0.2, 0) is 14.6 Å². The van der Waals surface area contributed by atoms with Gasteiger partial charge in [-0.05, 0) is 42.2 Å². The summed E-state index contributed by atoms with van der Waals surface area (Å²) < 4.78 is 68.3. The maximum atomic E-state index is 13.4. The number of aliphatic carboxylic acids is 1. The van der Waals surface area contributed by atoms with E-state index in [0.717, 1.165) is 23.3 Å². The number of alkyl halides is 3. The van der Waals surface area contributed by atoms with Gasteiger partial charge in [-0.15, -0.1) is 13.2 Å². The van der Waals surface area contributed by atoms with E-state index in [2.05, 4.69) is 10.1 Å². The number of carbonyl (C=O) groups excluding carboxylic acids is 1. The van der Waals surface area contributed by atoms with Crippen LogP contribution < -0.4 is 10.1 Å². The molecule has 0 radical (unpaired) electrons. The van der Waals surface area contributed by atoms with Gasteiger partial charge in [-0.2, -0.15) is 0 Å². The number of nitrogens with one attached hydrogen (secondary N) is 1. The third-order valence-corrected chi connectivity index (χ3v) is 9.09. The zero-order valence-corrected chi connectivity index (χ0v) is 21.1. The minimum Gasteiger partial charge on any atom is -0.481 e. The first-order valence-electron chi connectivity index (χ1n) is 12.0. The number of benzene rings is 2. The number of carboxylic acids is 1. The smallest absolute Gasteiger partial charge is 0.481 e. The van der Waals surface area contributed by atoms with Crippen molar-refractivity contribution in [1.82, 2.24) is 10.2 Å². The maximum Gasteiger partial charge on any atom is 0.573 e. The van der Waals surface area contributed by atoms with Gasteiger partial charge in [-0.1, -0.05) is 42.5 Å². The highest BCUT2D eigenvalue weighted by atomic mass is 32.2. The fourth-order valence-corrected chi connectivity index (χ4v) is 7.03. The first kappa shape index (κ1) is 27.6. The van der Waals surface area contributed by atoms with Crippen LogP contribution in [0, 0.1) is 5.41 Å². The van der Waals surface area contributed by atoms with Crippen LogP contribution in [-0.4, -0.2) is 67.4 Å². The Morgan fingerprint density at radius 2 is 1.76 bits per heavy atom. The van der Waals surface area contributed by atoms with Gasteiger partial charge in [-0.25, -0.2) is 8.42 Å². The minimum absolute atomic E-state index is 0.0474. The van der Waals surface area contributed by atoms with Crippen molar-refractivity contribution < 1.29 is 41.0 Å². The Hall–Kier alpha value is -3.38. The van der Waals surface area contributed by atoms with Gasteiger partial charge in [0, 0.05) is 31.6 Å². The summed E-state index contributed by atoms with van der Waals surface area (Å²) in [6, 6.07) is 14.0. The van der Waals surface area contributed by atoms with E-state index in [4.69, 9.17) is 0 Å². The third kappa shape index (κ3) is 6.36. The summed E-state index contributed by atoms with van der Waals surface area (Å²) in [6.07, 6.45) is -3.03.